The van der Waals surface area contributed by atoms with Gasteiger partial charge in [0.25, 0.3) is 0 Å². The Labute approximate surface area is 222 Å². The van der Waals surface area contributed by atoms with E-state index in [0.717, 1.165) is 22.5 Å². The van der Waals surface area contributed by atoms with Crippen molar-refractivity contribution < 1.29 is 8.42 Å². The van der Waals surface area contributed by atoms with Crippen molar-refractivity contribution in [2.75, 3.05) is 26.2 Å². The summed E-state index contributed by atoms with van der Waals surface area (Å²) in [5.41, 5.74) is 4.16. The van der Waals surface area contributed by atoms with Crippen molar-refractivity contribution in [3.05, 3.63) is 100 Å². The minimum atomic E-state index is -3.49. The van der Waals surface area contributed by atoms with Crippen molar-refractivity contribution >= 4 is 33.8 Å². The zero-order chi connectivity index (χ0) is 25.3. The van der Waals surface area contributed by atoms with Gasteiger partial charge in [-0.25, -0.2) is 8.42 Å². The summed E-state index contributed by atoms with van der Waals surface area (Å²) in [7, 11) is -3.49. The molecule has 6 nitrogen and oxygen atoms in total. The van der Waals surface area contributed by atoms with Crippen LogP contribution < -0.4 is 0 Å². The van der Waals surface area contributed by atoms with Gasteiger partial charge in [0.2, 0.25) is 10.0 Å². The Kier molecular flexibility index (Phi) is 7.14. The van der Waals surface area contributed by atoms with Gasteiger partial charge in [0, 0.05) is 43.0 Å². The molecule has 1 aromatic heterocycles. The second kappa shape index (κ2) is 10.3. The zero-order valence-electron chi connectivity index (χ0n) is 19.9. The van der Waals surface area contributed by atoms with Crippen molar-refractivity contribution in [2.24, 2.45) is 0 Å². The van der Waals surface area contributed by atoms with Gasteiger partial charge in [0.05, 0.1) is 22.9 Å². The second-order valence-corrected chi connectivity index (χ2v) is 11.6. The molecule has 0 amide bonds. The van der Waals surface area contributed by atoms with Gasteiger partial charge in [-0.05, 0) is 55.0 Å². The third-order valence-electron chi connectivity index (χ3n) is 6.52. The Morgan fingerprint density at radius 1 is 0.861 bits per heavy atom. The summed E-state index contributed by atoms with van der Waals surface area (Å²) < 4.78 is 32.4. The van der Waals surface area contributed by atoms with Crippen molar-refractivity contribution in [1.82, 2.24) is 18.3 Å². The number of hydrogen-bond donors (Lipinski definition) is 0. The summed E-state index contributed by atoms with van der Waals surface area (Å²) in [4.78, 5) is 2.57. The molecule has 1 saturated heterocycles. The monoisotopic (exact) mass is 538 g/mol. The van der Waals surface area contributed by atoms with Crippen LogP contribution in [0.15, 0.2) is 90.0 Å². The number of nitrogens with zero attached hydrogens (tertiary/aromatic N) is 4. The first-order valence-electron chi connectivity index (χ1n) is 11.8. The first-order chi connectivity index (χ1) is 17.3. The molecule has 4 aromatic rings. The minimum Gasteiger partial charge on any atom is -0.309 e. The van der Waals surface area contributed by atoms with Crippen LogP contribution in [0, 0.1) is 11.7 Å². The minimum absolute atomic E-state index is 0.337. The fourth-order valence-electron chi connectivity index (χ4n) is 4.53. The highest BCUT2D eigenvalue weighted by Gasteiger charge is 2.28. The van der Waals surface area contributed by atoms with E-state index in [4.69, 9.17) is 23.8 Å². The molecule has 0 aliphatic carbocycles. The average molecular weight is 539 g/mol. The summed E-state index contributed by atoms with van der Waals surface area (Å²) in [6, 6.07) is 24.6. The van der Waals surface area contributed by atoms with Crippen LogP contribution in [0.5, 0.6) is 0 Å². The molecule has 0 N–H and O–H groups in total. The molecule has 0 bridgehead atoms. The van der Waals surface area contributed by atoms with E-state index in [-0.39, 0.29) is 0 Å². The number of rotatable bonds is 6. The van der Waals surface area contributed by atoms with E-state index in [9.17, 15) is 8.42 Å². The number of sulfonamides is 1. The van der Waals surface area contributed by atoms with E-state index in [0.29, 0.717) is 47.5 Å². The first-order valence-corrected chi connectivity index (χ1v) is 14.0. The van der Waals surface area contributed by atoms with Gasteiger partial charge >= 0.3 is 0 Å². The molecule has 1 fully saturated rings. The van der Waals surface area contributed by atoms with Gasteiger partial charge in [-0.2, -0.15) is 4.31 Å². The Bertz CT molecular complexity index is 1520. The Morgan fingerprint density at radius 3 is 2.17 bits per heavy atom. The van der Waals surface area contributed by atoms with Crippen LogP contribution in [-0.2, 0) is 16.7 Å². The van der Waals surface area contributed by atoms with Gasteiger partial charge in [-0.15, -0.1) is 0 Å². The van der Waals surface area contributed by atoms with Crippen LogP contribution in [-0.4, -0.2) is 52.9 Å². The lowest BCUT2D eigenvalue weighted by atomic mass is 10.1. The smallest absolute Gasteiger partial charge is 0.243 e. The average Bonchev–Trinajstić information content (AvgIpc) is 3.21. The number of para-hydroxylation sites is 1. The molecule has 36 heavy (non-hydrogen) atoms. The van der Waals surface area contributed by atoms with E-state index in [1.165, 1.54) is 0 Å². The Balaban J connectivity index is 1.41. The second-order valence-electron chi connectivity index (χ2n) is 8.87. The number of hydrogen-bond acceptors (Lipinski definition) is 4. The SMILES string of the molecule is Cc1ccccc1-n1c(-c2ccc(Cl)cc2)cn(CN2CCN(S(=O)(=O)c3ccccc3)CC2)c1=S. The summed E-state index contributed by atoms with van der Waals surface area (Å²) in [5.74, 6) is 0. The van der Waals surface area contributed by atoms with Crippen molar-refractivity contribution in [2.45, 2.75) is 18.5 Å². The summed E-state index contributed by atoms with van der Waals surface area (Å²) in [6.07, 6.45) is 2.07. The summed E-state index contributed by atoms with van der Waals surface area (Å²) >= 11 is 12.1. The fourth-order valence-corrected chi connectivity index (χ4v) is 6.41. The lowest BCUT2D eigenvalue weighted by Crippen LogP contribution is -2.48. The predicted octanol–water partition coefficient (Wildman–Crippen LogP) is 5.60. The number of aromatic nitrogens is 2. The molecular weight excluding hydrogens is 512 g/mol. The van der Waals surface area contributed by atoms with Crippen LogP contribution in [0.25, 0.3) is 16.9 Å². The van der Waals surface area contributed by atoms with Gasteiger partial charge in [-0.3, -0.25) is 9.47 Å². The lowest BCUT2D eigenvalue weighted by molar-refractivity contribution is 0.151. The summed E-state index contributed by atoms with van der Waals surface area (Å²) in [6.45, 7) is 4.78. The third kappa shape index (κ3) is 4.92. The molecule has 0 saturated carbocycles. The molecular formula is C27H27ClN4O2S2. The number of benzene rings is 3. The number of aryl methyl sites for hydroxylation is 1. The number of imidazole rings is 1. The molecule has 1 aliphatic rings. The number of halogens is 1. The highest BCUT2D eigenvalue weighted by Crippen LogP contribution is 2.28. The van der Waals surface area contributed by atoms with Crippen LogP contribution in [0.1, 0.15) is 5.56 Å². The molecule has 5 rings (SSSR count). The molecule has 0 unspecified atom stereocenters. The van der Waals surface area contributed by atoms with Gasteiger partial charge in [0.15, 0.2) is 4.77 Å². The Morgan fingerprint density at radius 2 is 1.50 bits per heavy atom. The molecule has 3 aromatic carbocycles. The molecule has 186 valence electrons. The largest absolute Gasteiger partial charge is 0.309 e. The van der Waals surface area contributed by atoms with Crippen LogP contribution >= 0.6 is 23.8 Å². The maximum absolute atomic E-state index is 13.0. The van der Waals surface area contributed by atoms with E-state index >= 15 is 0 Å². The lowest BCUT2D eigenvalue weighted by Gasteiger charge is -2.34. The number of piperazine rings is 1. The van der Waals surface area contributed by atoms with Gasteiger partial charge in [0.1, 0.15) is 0 Å². The van der Waals surface area contributed by atoms with Crippen LogP contribution in [0.3, 0.4) is 0 Å². The first kappa shape index (κ1) is 24.9. The molecule has 1 aliphatic heterocycles. The van der Waals surface area contributed by atoms with E-state index in [1.54, 1.807) is 28.6 Å². The molecule has 9 heteroatoms. The van der Waals surface area contributed by atoms with E-state index < -0.39 is 10.0 Å². The highest BCUT2D eigenvalue weighted by molar-refractivity contribution is 7.89. The predicted molar refractivity (Wildman–Crippen MR) is 147 cm³/mol. The summed E-state index contributed by atoms with van der Waals surface area (Å²) in [5, 5.41) is 0.683. The molecule has 0 spiro atoms. The maximum atomic E-state index is 13.0. The topological polar surface area (TPSA) is 50.5 Å². The fraction of sp³-hybridized carbons (Fsp3) is 0.222. The zero-order valence-corrected chi connectivity index (χ0v) is 22.3. The van der Waals surface area contributed by atoms with E-state index in [1.807, 2.05) is 42.5 Å². The maximum Gasteiger partial charge on any atom is 0.243 e. The normalized spacial score (nSPS) is 15.3. The van der Waals surface area contributed by atoms with E-state index in [2.05, 4.69) is 39.3 Å². The van der Waals surface area contributed by atoms with Crippen molar-refractivity contribution in [1.29, 1.82) is 0 Å². The quantitative estimate of drug-likeness (QED) is 0.300. The van der Waals surface area contributed by atoms with Crippen LogP contribution in [0.4, 0.5) is 0 Å². The van der Waals surface area contributed by atoms with Gasteiger partial charge < -0.3 is 4.57 Å². The molecule has 0 atom stereocenters. The molecule has 0 radical (unpaired) electrons. The standard InChI is InChI=1S/C27H27ClN4O2S2/c1-21-7-5-6-10-25(21)32-26(22-11-13-23(28)14-12-22)19-30(27(32)35)20-29-15-17-31(18-16-29)36(33,34)24-8-3-2-4-9-24/h2-14,19H,15-18,20H2,1H3. The van der Waals surface area contributed by atoms with Crippen molar-refractivity contribution in [3.8, 4) is 16.9 Å². The highest BCUT2D eigenvalue weighted by atomic mass is 35.5. The Hall–Kier alpha value is -2.75. The van der Waals surface area contributed by atoms with Crippen molar-refractivity contribution in [3.63, 3.8) is 0 Å². The van der Waals surface area contributed by atoms with Crippen LogP contribution in [0.2, 0.25) is 5.02 Å². The third-order valence-corrected chi connectivity index (χ3v) is 9.10. The van der Waals surface area contributed by atoms with Gasteiger partial charge in [-0.1, -0.05) is 60.1 Å². The molecule has 2 heterocycles.